The molecule has 0 aliphatic carbocycles. The summed E-state index contributed by atoms with van der Waals surface area (Å²) in [5, 5.41) is 11.9. The van der Waals surface area contributed by atoms with Crippen LogP contribution < -0.4 is 20.5 Å². The number of hydrogen-bond donors (Lipinski definition) is 3. The van der Waals surface area contributed by atoms with Crippen molar-refractivity contribution in [3.63, 3.8) is 0 Å². The van der Waals surface area contributed by atoms with E-state index in [0.717, 1.165) is 11.0 Å². The lowest BCUT2D eigenvalue weighted by atomic mass is 10.1. The molecular formula is C28H28F6N4O6. The van der Waals surface area contributed by atoms with Crippen LogP contribution in [-0.2, 0) is 17.7 Å². The molecule has 0 aliphatic heterocycles. The third-order valence-corrected chi connectivity index (χ3v) is 5.81. The largest absolute Gasteiger partial charge is 0.573 e. The fourth-order valence-electron chi connectivity index (χ4n) is 3.85. The Balaban J connectivity index is 2.12. The maximum atomic E-state index is 15.7. The molecule has 0 saturated carbocycles. The topological polar surface area (TPSA) is 136 Å². The number of nitrogens with two attached hydrogens (primary N) is 1. The van der Waals surface area contributed by atoms with Gasteiger partial charge in [0.25, 0.3) is 0 Å². The minimum Gasteiger partial charge on any atom is -0.481 e. The van der Waals surface area contributed by atoms with E-state index >= 15 is 4.39 Å². The zero-order chi connectivity index (χ0) is 33.0. The molecule has 2 aromatic carbocycles. The van der Waals surface area contributed by atoms with E-state index < -0.39 is 76.3 Å². The standard InChI is InChI=1S/C28H28F6N4O6/c1-27(2,3)44-26(41)38(10-9-20-18(35)5-8-23(37-20)42-4)13-15-19(6-7-22(24(15)31)43-28(32,33)34)36-21-12-17(30)16(29)11-14(21)25(39)40/h5-8,11-12,36H,9-10,13,35H2,1-4H3,(H,39,40). The molecule has 0 atom stereocenters. The van der Waals surface area contributed by atoms with Crippen LogP contribution in [0.1, 0.15) is 42.4 Å². The molecule has 16 heteroatoms. The van der Waals surface area contributed by atoms with Crippen LogP contribution in [0.4, 0.5) is 48.2 Å². The van der Waals surface area contributed by atoms with Crippen molar-refractivity contribution in [3.05, 3.63) is 70.7 Å². The molecule has 1 heterocycles. The monoisotopic (exact) mass is 630 g/mol. The number of nitrogens with one attached hydrogen (secondary N) is 1. The van der Waals surface area contributed by atoms with Crippen LogP contribution >= 0.6 is 0 Å². The minimum atomic E-state index is -5.30. The number of pyridine rings is 1. The molecule has 0 bridgehead atoms. The molecule has 1 aromatic heterocycles. The number of amides is 1. The highest BCUT2D eigenvalue weighted by Gasteiger charge is 2.34. The predicted molar refractivity (Wildman–Crippen MR) is 145 cm³/mol. The van der Waals surface area contributed by atoms with Crippen LogP contribution in [0.3, 0.4) is 0 Å². The van der Waals surface area contributed by atoms with Gasteiger partial charge in [0.1, 0.15) is 5.60 Å². The van der Waals surface area contributed by atoms with E-state index in [9.17, 15) is 36.6 Å². The zero-order valence-corrected chi connectivity index (χ0v) is 23.8. The normalized spacial score (nSPS) is 11.6. The molecule has 0 fully saturated rings. The van der Waals surface area contributed by atoms with Crippen LogP contribution in [0.5, 0.6) is 11.6 Å². The third kappa shape index (κ3) is 8.81. The van der Waals surface area contributed by atoms with Crippen LogP contribution in [0.15, 0.2) is 36.4 Å². The molecule has 0 saturated heterocycles. The van der Waals surface area contributed by atoms with Gasteiger partial charge >= 0.3 is 18.4 Å². The molecule has 1 amide bonds. The summed E-state index contributed by atoms with van der Waals surface area (Å²) in [4.78, 5) is 30.1. The number of aromatic nitrogens is 1. The number of ether oxygens (including phenoxy) is 3. The van der Waals surface area contributed by atoms with Crippen molar-refractivity contribution < 1.29 is 55.2 Å². The van der Waals surface area contributed by atoms with E-state index in [1.807, 2.05) is 0 Å². The Kier molecular flexibility index (Phi) is 10.1. The fraction of sp³-hybridized carbons (Fsp3) is 0.321. The lowest BCUT2D eigenvalue weighted by Gasteiger charge is -2.29. The maximum absolute atomic E-state index is 15.7. The van der Waals surface area contributed by atoms with Gasteiger partial charge in [0.05, 0.1) is 36.3 Å². The molecule has 0 unspecified atom stereocenters. The highest BCUT2D eigenvalue weighted by Crippen LogP contribution is 2.35. The van der Waals surface area contributed by atoms with Gasteiger partial charge in [-0.05, 0) is 45.0 Å². The molecule has 0 spiro atoms. The second-order valence-electron chi connectivity index (χ2n) is 10.2. The number of carboxylic acids is 1. The molecule has 0 aliphatic rings. The molecule has 3 rings (SSSR count). The van der Waals surface area contributed by atoms with Gasteiger partial charge in [-0.3, -0.25) is 0 Å². The highest BCUT2D eigenvalue weighted by molar-refractivity contribution is 5.95. The lowest BCUT2D eigenvalue weighted by molar-refractivity contribution is -0.275. The second kappa shape index (κ2) is 13.2. The first-order valence-corrected chi connectivity index (χ1v) is 12.7. The summed E-state index contributed by atoms with van der Waals surface area (Å²) < 4.78 is 97.0. The van der Waals surface area contributed by atoms with Gasteiger partial charge in [-0.25, -0.2) is 27.7 Å². The number of benzene rings is 2. The Labute approximate surface area is 247 Å². The summed E-state index contributed by atoms with van der Waals surface area (Å²) >= 11 is 0. The van der Waals surface area contributed by atoms with Gasteiger partial charge in [-0.1, -0.05) is 0 Å². The summed E-state index contributed by atoms with van der Waals surface area (Å²) in [7, 11) is 1.37. The minimum absolute atomic E-state index is 0.0439. The van der Waals surface area contributed by atoms with E-state index in [2.05, 4.69) is 15.0 Å². The van der Waals surface area contributed by atoms with E-state index in [-0.39, 0.29) is 30.2 Å². The predicted octanol–water partition coefficient (Wildman–Crippen LogP) is 6.41. The number of rotatable bonds is 10. The number of hydrogen-bond acceptors (Lipinski definition) is 8. The average molecular weight is 631 g/mol. The number of methoxy groups -OCH3 is 1. The Morgan fingerprint density at radius 1 is 1.02 bits per heavy atom. The quantitative estimate of drug-likeness (QED) is 0.217. The van der Waals surface area contributed by atoms with Crippen molar-refractivity contribution in [2.24, 2.45) is 0 Å². The highest BCUT2D eigenvalue weighted by atomic mass is 19.4. The number of carboxylic acid groups (broad SMARTS) is 1. The van der Waals surface area contributed by atoms with Crippen molar-refractivity contribution in [1.82, 2.24) is 9.88 Å². The van der Waals surface area contributed by atoms with Gasteiger partial charge < -0.3 is 35.3 Å². The number of nitrogens with zero attached hydrogens (tertiary/aromatic N) is 2. The van der Waals surface area contributed by atoms with Crippen molar-refractivity contribution in [3.8, 4) is 11.6 Å². The number of aromatic carboxylic acids is 1. The van der Waals surface area contributed by atoms with Gasteiger partial charge in [0.15, 0.2) is 23.2 Å². The Hall–Kier alpha value is -4.89. The number of carbonyl (C=O) groups excluding carboxylic acids is 1. The fourth-order valence-corrected chi connectivity index (χ4v) is 3.85. The van der Waals surface area contributed by atoms with E-state index in [1.54, 1.807) is 20.8 Å². The summed E-state index contributed by atoms with van der Waals surface area (Å²) in [5.74, 6) is -7.30. The number of alkyl halides is 3. The number of halogens is 6. The lowest BCUT2D eigenvalue weighted by Crippen LogP contribution is -2.38. The van der Waals surface area contributed by atoms with E-state index in [0.29, 0.717) is 18.2 Å². The van der Waals surface area contributed by atoms with E-state index in [1.165, 1.54) is 19.2 Å². The summed E-state index contributed by atoms with van der Waals surface area (Å²) in [5.41, 5.74) is 3.09. The zero-order valence-electron chi connectivity index (χ0n) is 23.8. The first kappa shape index (κ1) is 33.6. The number of carbonyl (C=O) groups is 2. The van der Waals surface area contributed by atoms with Crippen molar-refractivity contribution in [2.45, 2.75) is 45.7 Å². The van der Waals surface area contributed by atoms with E-state index in [4.69, 9.17) is 15.2 Å². The second-order valence-corrected chi connectivity index (χ2v) is 10.2. The molecule has 4 N–H and O–H groups in total. The third-order valence-electron chi connectivity index (χ3n) is 5.81. The Bertz CT molecular complexity index is 1540. The number of nitrogen functional groups attached to an aromatic ring is 1. The van der Waals surface area contributed by atoms with Crippen molar-refractivity contribution in [1.29, 1.82) is 0 Å². The molecule has 44 heavy (non-hydrogen) atoms. The molecular weight excluding hydrogens is 602 g/mol. The smallest absolute Gasteiger partial charge is 0.481 e. The molecule has 238 valence electrons. The van der Waals surface area contributed by atoms with Crippen LogP contribution in [0.2, 0.25) is 0 Å². The summed E-state index contributed by atoms with van der Waals surface area (Å²) in [6, 6.07) is 5.32. The SMILES string of the molecule is COc1ccc(N)c(CCN(Cc2c(Nc3cc(F)c(F)cc3C(=O)O)ccc(OC(F)(F)F)c2F)C(=O)OC(C)(C)C)n1. The molecule has 3 aromatic rings. The van der Waals surface area contributed by atoms with Crippen molar-refractivity contribution in [2.75, 3.05) is 24.7 Å². The first-order valence-electron chi connectivity index (χ1n) is 12.7. The number of anilines is 3. The molecule has 10 nitrogen and oxygen atoms in total. The summed E-state index contributed by atoms with van der Waals surface area (Å²) in [6.07, 6.45) is -6.35. The van der Waals surface area contributed by atoms with Crippen LogP contribution in [0, 0.1) is 17.5 Å². The van der Waals surface area contributed by atoms with Gasteiger partial charge in [-0.2, -0.15) is 0 Å². The first-order chi connectivity index (χ1) is 20.4. The maximum Gasteiger partial charge on any atom is 0.573 e. The Morgan fingerprint density at radius 3 is 2.27 bits per heavy atom. The summed E-state index contributed by atoms with van der Waals surface area (Å²) in [6.45, 7) is 3.62. The van der Waals surface area contributed by atoms with Crippen molar-refractivity contribution >= 4 is 29.1 Å². The molecule has 0 radical (unpaired) electrons. The van der Waals surface area contributed by atoms with Crippen LogP contribution in [0.25, 0.3) is 0 Å². The Morgan fingerprint density at radius 2 is 1.68 bits per heavy atom. The van der Waals surface area contributed by atoms with Gasteiger partial charge in [0.2, 0.25) is 5.88 Å². The van der Waals surface area contributed by atoms with Crippen LogP contribution in [-0.4, -0.2) is 52.7 Å². The van der Waals surface area contributed by atoms with Gasteiger partial charge in [0, 0.05) is 36.3 Å². The van der Waals surface area contributed by atoms with Gasteiger partial charge in [-0.15, -0.1) is 13.2 Å². The average Bonchev–Trinajstić information content (AvgIpc) is 2.90.